The number of halogens is 1. The molecule has 1 fully saturated rings. The van der Waals surface area contributed by atoms with Crippen LogP contribution < -0.4 is 0 Å². The fourth-order valence-corrected chi connectivity index (χ4v) is 7.08. The average molecular weight is 512 g/mol. The van der Waals surface area contributed by atoms with Crippen LogP contribution in [-0.2, 0) is 10.0 Å². The van der Waals surface area contributed by atoms with Crippen LogP contribution in [0.15, 0.2) is 81.4 Å². The van der Waals surface area contributed by atoms with Crippen molar-refractivity contribution in [2.45, 2.75) is 21.6 Å². The predicted octanol–water partition coefficient (Wildman–Crippen LogP) is 4.82. The molecule has 1 aliphatic rings. The molecule has 0 atom stereocenters. The highest BCUT2D eigenvalue weighted by Gasteiger charge is 2.32. The third kappa shape index (κ3) is 5.29. The van der Waals surface area contributed by atoms with E-state index in [0.29, 0.717) is 28.6 Å². The molecule has 4 rings (SSSR count). The molecule has 0 spiro atoms. The molecule has 0 N–H and O–H groups in total. The first-order valence-corrected chi connectivity index (χ1v) is 13.2. The van der Waals surface area contributed by atoms with E-state index >= 15 is 0 Å². The summed E-state index contributed by atoms with van der Waals surface area (Å²) in [7, 11) is -3.89. The number of piperazine rings is 1. The van der Waals surface area contributed by atoms with Gasteiger partial charge in [0.1, 0.15) is 0 Å². The first-order valence-electron chi connectivity index (χ1n) is 10.6. The van der Waals surface area contributed by atoms with E-state index in [-0.39, 0.29) is 29.5 Å². The fraction of sp³-hybridized carbons (Fsp3) is 0.200. The molecule has 9 heteroatoms. The number of aryl methyl sites for hydroxylation is 1. The molecule has 0 aromatic heterocycles. The van der Waals surface area contributed by atoms with E-state index < -0.39 is 10.0 Å². The number of rotatable bonds is 5. The maximum atomic E-state index is 13.6. The lowest BCUT2D eigenvalue weighted by Crippen LogP contribution is -2.50. The van der Waals surface area contributed by atoms with Crippen molar-refractivity contribution in [2.75, 3.05) is 26.2 Å². The van der Waals surface area contributed by atoms with Gasteiger partial charge in [-0.1, -0.05) is 41.6 Å². The molecular formula is C25H22ClN3O3S2. The van der Waals surface area contributed by atoms with Crippen LogP contribution >= 0.6 is 23.4 Å². The standard InChI is InChI=1S/C25H22ClN3O3S2/c1-18-13-21(26)16-22(14-18)33-23-8-7-19(17-27)15-24(23)34(31,32)29-11-9-28(10-12-29)25(30)20-5-3-2-4-6-20/h2-8,13-16H,9-12H2,1H3. The highest BCUT2D eigenvalue weighted by molar-refractivity contribution is 8.00. The number of hydrogen-bond donors (Lipinski definition) is 0. The molecule has 0 saturated carbocycles. The Morgan fingerprint density at radius 1 is 1.00 bits per heavy atom. The van der Waals surface area contributed by atoms with Gasteiger partial charge in [-0.3, -0.25) is 4.79 Å². The summed E-state index contributed by atoms with van der Waals surface area (Å²) in [5.74, 6) is -0.114. The summed E-state index contributed by atoms with van der Waals surface area (Å²) >= 11 is 7.47. The maximum Gasteiger partial charge on any atom is 0.253 e. The monoisotopic (exact) mass is 511 g/mol. The molecule has 0 unspecified atom stereocenters. The van der Waals surface area contributed by atoms with E-state index in [1.165, 1.54) is 22.1 Å². The third-order valence-electron chi connectivity index (χ3n) is 5.48. The van der Waals surface area contributed by atoms with Gasteiger partial charge in [0, 0.05) is 46.6 Å². The minimum atomic E-state index is -3.89. The van der Waals surface area contributed by atoms with E-state index in [2.05, 4.69) is 0 Å². The zero-order valence-electron chi connectivity index (χ0n) is 18.4. The second-order valence-electron chi connectivity index (χ2n) is 7.90. The Balaban J connectivity index is 1.58. The minimum absolute atomic E-state index is 0.0806. The van der Waals surface area contributed by atoms with Gasteiger partial charge in [0.2, 0.25) is 10.0 Å². The van der Waals surface area contributed by atoms with Crippen LogP contribution in [-0.4, -0.2) is 49.7 Å². The Hall–Kier alpha value is -2.83. The normalized spacial score (nSPS) is 14.6. The topological polar surface area (TPSA) is 81.5 Å². The van der Waals surface area contributed by atoms with E-state index in [4.69, 9.17) is 11.6 Å². The molecule has 1 saturated heterocycles. The second-order valence-corrected chi connectivity index (χ2v) is 11.4. The van der Waals surface area contributed by atoms with Crippen molar-refractivity contribution in [3.63, 3.8) is 0 Å². The van der Waals surface area contributed by atoms with E-state index in [1.54, 1.807) is 47.4 Å². The summed E-state index contributed by atoms with van der Waals surface area (Å²) in [5.41, 5.74) is 1.81. The first kappa shape index (κ1) is 24.3. The Labute approximate surface area is 208 Å². The number of hydrogen-bond acceptors (Lipinski definition) is 5. The van der Waals surface area contributed by atoms with Crippen LogP contribution in [0.2, 0.25) is 5.02 Å². The smallest absolute Gasteiger partial charge is 0.253 e. The van der Waals surface area contributed by atoms with Gasteiger partial charge in [-0.2, -0.15) is 9.57 Å². The molecule has 0 aliphatic carbocycles. The summed E-state index contributed by atoms with van der Waals surface area (Å²) < 4.78 is 28.6. The number of nitriles is 1. The van der Waals surface area contributed by atoms with Gasteiger partial charge in [-0.15, -0.1) is 0 Å². The largest absolute Gasteiger partial charge is 0.336 e. The van der Waals surface area contributed by atoms with E-state index in [9.17, 15) is 18.5 Å². The molecule has 3 aromatic carbocycles. The van der Waals surface area contributed by atoms with Crippen molar-refractivity contribution in [3.8, 4) is 6.07 Å². The Bertz CT molecular complexity index is 1340. The van der Waals surface area contributed by atoms with Crippen molar-refractivity contribution in [3.05, 3.63) is 88.4 Å². The van der Waals surface area contributed by atoms with Crippen LogP contribution in [0.5, 0.6) is 0 Å². The summed E-state index contributed by atoms with van der Waals surface area (Å²) in [6.07, 6.45) is 0. The number of amides is 1. The number of carbonyl (C=O) groups excluding carboxylic acids is 1. The van der Waals surface area contributed by atoms with Crippen molar-refractivity contribution in [1.82, 2.24) is 9.21 Å². The average Bonchev–Trinajstić information content (AvgIpc) is 2.83. The predicted molar refractivity (Wildman–Crippen MR) is 133 cm³/mol. The zero-order chi connectivity index (χ0) is 24.3. The highest BCUT2D eigenvalue weighted by atomic mass is 35.5. The molecule has 3 aromatic rings. The van der Waals surface area contributed by atoms with Crippen molar-refractivity contribution < 1.29 is 13.2 Å². The van der Waals surface area contributed by atoms with Crippen LogP contribution in [0, 0.1) is 18.3 Å². The third-order valence-corrected chi connectivity index (χ3v) is 8.81. The van der Waals surface area contributed by atoms with Crippen molar-refractivity contribution in [1.29, 1.82) is 5.26 Å². The van der Waals surface area contributed by atoms with Crippen molar-refractivity contribution in [2.24, 2.45) is 0 Å². The number of carbonyl (C=O) groups is 1. The Morgan fingerprint density at radius 3 is 2.35 bits per heavy atom. The highest BCUT2D eigenvalue weighted by Crippen LogP contribution is 2.36. The molecule has 34 heavy (non-hydrogen) atoms. The second kappa shape index (κ2) is 10.2. The molecule has 1 amide bonds. The number of nitrogens with zero attached hydrogens (tertiary/aromatic N) is 3. The number of benzene rings is 3. The SMILES string of the molecule is Cc1cc(Cl)cc(Sc2ccc(C#N)cc2S(=O)(=O)N2CCN(C(=O)c3ccccc3)CC2)c1. The minimum Gasteiger partial charge on any atom is -0.336 e. The molecule has 1 aliphatic heterocycles. The van der Waals surface area contributed by atoms with Crippen LogP contribution in [0.3, 0.4) is 0 Å². The Kier molecular flexibility index (Phi) is 7.29. The molecule has 1 heterocycles. The summed E-state index contributed by atoms with van der Waals surface area (Å²) in [4.78, 5) is 15.8. The van der Waals surface area contributed by atoms with E-state index in [1.807, 2.05) is 31.2 Å². The first-order chi connectivity index (χ1) is 16.3. The van der Waals surface area contributed by atoms with Crippen LogP contribution in [0.4, 0.5) is 0 Å². The van der Waals surface area contributed by atoms with Gasteiger partial charge < -0.3 is 4.90 Å². The Morgan fingerprint density at radius 2 is 1.71 bits per heavy atom. The van der Waals surface area contributed by atoms with Crippen LogP contribution in [0.1, 0.15) is 21.5 Å². The van der Waals surface area contributed by atoms with Crippen molar-refractivity contribution >= 4 is 39.3 Å². The number of sulfonamides is 1. The fourth-order valence-electron chi connectivity index (χ4n) is 3.79. The van der Waals surface area contributed by atoms with E-state index in [0.717, 1.165) is 10.5 Å². The maximum absolute atomic E-state index is 13.6. The van der Waals surface area contributed by atoms with Gasteiger partial charge in [-0.25, -0.2) is 8.42 Å². The zero-order valence-corrected chi connectivity index (χ0v) is 20.8. The summed E-state index contributed by atoms with van der Waals surface area (Å²) in [6.45, 7) is 2.86. The molecule has 6 nitrogen and oxygen atoms in total. The lowest BCUT2D eigenvalue weighted by Gasteiger charge is -2.34. The molecular weight excluding hydrogens is 490 g/mol. The molecule has 0 bridgehead atoms. The van der Waals surface area contributed by atoms with Gasteiger partial charge in [0.05, 0.1) is 16.5 Å². The van der Waals surface area contributed by atoms with Crippen LogP contribution in [0.25, 0.3) is 0 Å². The van der Waals surface area contributed by atoms with Gasteiger partial charge in [-0.05, 0) is 61.0 Å². The molecule has 174 valence electrons. The van der Waals surface area contributed by atoms with Gasteiger partial charge >= 0.3 is 0 Å². The lowest BCUT2D eigenvalue weighted by atomic mass is 10.2. The quantitative estimate of drug-likeness (QED) is 0.490. The summed E-state index contributed by atoms with van der Waals surface area (Å²) in [6, 6.07) is 21.2. The van der Waals surface area contributed by atoms with Gasteiger partial charge in [0.25, 0.3) is 5.91 Å². The summed E-state index contributed by atoms with van der Waals surface area (Å²) in [5, 5.41) is 9.94. The lowest BCUT2D eigenvalue weighted by molar-refractivity contribution is 0.0698. The molecule has 0 radical (unpaired) electrons. The van der Waals surface area contributed by atoms with Gasteiger partial charge in [0.15, 0.2) is 0 Å².